The van der Waals surface area contributed by atoms with E-state index in [0.29, 0.717) is 19.0 Å². The van der Waals surface area contributed by atoms with Crippen LogP contribution in [0.3, 0.4) is 0 Å². The predicted molar refractivity (Wildman–Crippen MR) is 61.8 cm³/mol. The van der Waals surface area contributed by atoms with Crippen molar-refractivity contribution in [3.8, 4) is 5.75 Å². The standard InChI is InChI=1S/C12H18O5/c13-6-7-15-8-9-16-12(10-14)17-11-4-2-1-3-5-11/h1-5,12-14H,6-10H2. The molecule has 1 unspecified atom stereocenters. The summed E-state index contributed by atoms with van der Waals surface area (Å²) in [4.78, 5) is 0. The van der Waals surface area contributed by atoms with Gasteiger partial charge in [-0.05, 0) is 12.1 Å². The Kier molecular flexibility index (Phi) is 7.33. The third-order valence-corrected chi connectivity index (χ3v) is 1.93. The van der Waals surface area contributed by atoms with Gasteiger partial charge in [0.05, 0.1) is 26.4 Å². The highest BCUT2D eigenvalue weighted by Gasteiger charge is 2.08. The molecule has 2 N–H and O–H groups in total. The van der Waals surface area contributed by atoms with Gasteiger partial charge in [0.1, 0.15) is 12.4 Å². The normalized spacial score (nSPS) is 12.4. The second-order valence-corrected chi connectivity index (χ2v) is 3.25. The Labute approximate surface area is 101 Å². The summed E-state index contributed by atoms with van der Waals surface area (Å²) in [6, 6.07) is 9.13. The molecule has 1 atom stereocenters. The lowest BCUT2D eigenvalue weighted by Crippen LogP contribution is -2.26. The van der Waals surface area contributed by atoms with Gasteiger partial charge in [-0.3, -0.25) is 0 Å². The molecule has 1 aromatic carbocycles. The fraction of sp³-hybridized carbons (Fsp3) is 0.500. The quantitative estimate of drug-likeness (QED) is 0.485. The highest BCUT2D eigenvalue weighted by molar-refractivity contribution is 5.20. The second kappa shape index (κ2) is 8.95. The SMILES string of the molecule is OCCOCCOC(CO)Oc1ccccc1. The van der Waals surface area contributed by atoms with Crippen molar-refractivity contribution in [2.24, 2.45) is 0 Å². The van der Waals surface area contributed by atoms with Crippen LogP contribution in [0.25, 0.3) is 0 Å². The van der Waals surface area contributed by atoms with Crippen LogP contribution in [-0.2, 0) is 9.47 Å². The number of hydrogen-bond donors (Lipinski definition) is 2. The zero-order valence-corrected chi connectivity index (χ0v) is 9.62. The Morgan fingerprint density at radius 3 is 2.41 bits per heavy atom. The first-order chi connectivity index (χ1) is 8.36. The van der Waals surface area contributed by atoms with Gasteiger partial charge in [0, 0.05) is 0 Å². The van der Waals surface area contributed by atoms with Crippen LogP contribution in [-0.4, -0.2) is 49.5 Å². The van der Waals surface area contributed by atoms with Crippen LogP contribution in [0, 0.1) is 0 Å². The molecule has 0 aliphatic carbocycles. The third kappa shape index (κ3) is 6.23. The predicted octanol–water partition coefficient (Wildman–Crippen LogP) is 0.409. The van der Waals surface area contributed by atoms with Crippen molar-refractivity contribution in [1.82, 2.24) is 0 Å². The molecule has 0 aliphatic rings. The molecule has 0 spiro atoms. The highest BCUT2D eigenvalue weighted by atomic mass is 16.7. The Morgan fingerprint density at radius 2 is 1.76 bits per heavy atom. The van der Waals surface area contributed by atoms with E-state index < -0.39 is 6.29 Å². The highest BCUT2D eigenvalue weighted by Crippen LogP contribution is 2.11. The molecule has 0 saturated heterocycles. The molecule has 1 rings (SSSR count). The molecule has 0 bridgehead atoms. The van der Waals surface area contributed by atoms with E-state index in [1.54, 1.807) is 12.1 Å². The zero-order chi connectivity index (χ0) is 12.3. The van der Waals surface area contributed by atoms with Gasteiger partial charge < -0.3 is 24.4 Å². The van der Waals surface area contributed by atoms with Crippen molar-refractivity contribution in [3.05, 3.63) is 30.3 Å². The van der Waals surface area contributed by atoms with Crippen LogP contribution in [0.2, 0.25) is 0 Å². The summed E-state index contributed by atoms with van der Waals surface area (Å²) in [6.45, 7) is 0.707. The summed E-state index contributed by atoms with van der Waals surface area (Å²) in [5.74, 6) is 0.642. The zero-order valence-electron chi connectivity index (χ0n) is 9.62. The molecular formula is C12H18O5. The first-order valence-corrected chi connectivity index (χ1v) is 5.49. The number of ether oxygens (including phenoxy) is 3. The summed E-state index contributed by atoms with van der Waals surface area (Å²) in [5, 5.41) is 17.5. The van der Waals surface area contributed by atoms with Crippen LogP contribution >= 0.6 is 0 Å². The van der Waals surface area contributed by atoms with Gasteiger partial charge in [-0.15, -0.1) is 0 Å². The first kappa shape index (κ1) is 13.9. The van der Waals surface area contributed by atoms with E-state index in [4.69, 9.17) is 24.4 Å². The van der Waals surface area contributed by atoms with Gasteiger partial charge in [-0.25, -0.2) is 0 Å². The molecule has 0 heterocycles. The van der Waals surface area contributed by atoms with Gasteiger partial charge in [-0.2, -0.15) is 0 Å². The van der Waals surface area contributed by atoms with Crippen LogP contribution < -0.4 is 4.74 Å². The summed E-state index contributed by atoms with van der Waals surface area (Å²) in [6.07, 6.45) is -0.699. The van der Waals surface area contributed by atoms with Crippen LogP contribution in [0.1, 0.15) is 0 Å². The average molecular weight is 242 g/mol. The van der Waals surface area contributed by atoms with Gasteiger partial charge in [-0.1, -0.05) is 18.2 Å². The topological polar surface area (TPSA) is 68.2 Å². The second-order valence-electron chi connectivity index (χ2n) is 3.25. The summed E-state index contributed by atoms with van der Waals surface area (Å²) in [5.41, 5.74) is 0. The van der Waals surface area contributed by atoms with Crippen molar-refractivity contribution in [3.63, 3.8) is 0 Å². The number of aliphatic hydroxyl groups excluding tert-OH is 2. The largest absolute Gasteiger partial charge is 0.462 e. The first-order valence-electron chi connectivity index (χ1n) is 5.49. The summed E-state index contributed by atoms with van der Waals surface area (Å²) >= 11 is 0. The minimum Gasteiger partial charge on any atom is -0.462 e. The number of aliphatic hydroxyl groups is 2. The van der Waals surface area contributed by atoms with Gasteiger partial charge in [0.25, 0.3) is 0 Å². The fourth-order valence-corrected chi connectivity index (χ4v) is 1.18. The maximum absolute atomic E-state index is 9.06. The molecule has 5 nitrogen and oxygen atoms in total. The lowest BCUT2D eigenvalue weighted by molar-refractivity contribution is -0.119. The molecule has 0 aromatic heterocycles. The third-order valence-electron chi connectivity index (χ3n) is 1.93. The van der Waals surface area contributed by atoms with Gasteiger partial charge in [0.2, 0.25) is 6.29 Å². The monoisotopic (exact) mass is 242 g/mol. The summed E-state index contributed by atoms with van der Waals surface area (Å²) < 4.78 is 15.7. The van der Waals surface area contributed by atoms with Crippen molar-refractivity contribution < 1.29 is 24.4 Å². The smallest absolute Gasteiger partial charge is 0.223 e. The van der Waals surface area contributed by atoms with E-state index in [0.717, 1.165) is 0 Å². The Bertz CT molecular complexity index is 277. The number of rotatable bonds is 9. The Balaban J connectivity index is 2.20. The van der Waals surface area contributed by atoms with E-state index in [9.17, 15) is 0 Å². The maximum Gasteiger partial charge on any atom is 0.223 e. The maximum atomic E-state index is 9.06. The minimum atomic E-state index is -0.699. The molecular weight excluding hydrogens is 224 g/mol. The van der Waals surface area contributed by atoms with E-state index in [1.807, 2.05) is 18.2 Å². The molecule has 96 valence electrons. The lowest BCUT2D eigenvalue weighted by atomic mass is 10.3. The number of para-hydroxylation sites is 1. The van der Waals surface area contributed by atoms with Crippen molar-refractivity contribution >= 4 is 0 Å². The van der Waals surface area contributed by atoms with Gasteiger partial charge in [0.15, 0.2) is 0 Å². The number of hydrogen-bond acceptors (Lipinski definition) is 5. The van der Waals surface area contributed by atoms with E-state index in [-0.39, 0.29) is 19.8 Å². The summed E-state index contributed by atoms with van der Waals surface area (Å²) in [7, 11) is 0. The molecule has 0 aliphatic heterocycles. The van der Waals surface area contributed by atoms with E-state index in [2.05, 4.69) is 0 Å². The molecule has 0 saturated carbocycles. The molecule has 5 heteroatoms. The van der Waals surface area contributed by atoms with Crippen LogP contribution in [0.4, 0.5) is 0 Å². The van der Waals surface area contributed by atoms with Crippen molar-refractivity contribution in [2.75, 3.05) is 33.0 Å². The van der Waals surface area contributed by atoms with E-state index in [1.165, 1.54) is 0 Å². The molecule has 1 aromatic rings. The number of benzene rings is 1. The van der Waals surface area contributed by atoms with Crippen LogP contribution in [0.5, 0.6) is 5.75 Å². The van der Waals surface area contributed by atoms with Crippen LogP contribution in [0.15, 0.2) is 30.3 Å². The Morgan fingerprint density at radius 1 is 1.00 bits per heavy atom. The molecule has 0 radical (unpaired) electrons. The lowest BCUT2D eigenvalue weighted by Gasteiger charge is -2.17. The molecule has 17 heavy (non-hydrogen) atoms. The average Bonchev–Trinajstić information content (AvgIpc) is 2.38. The molecule has 0 fully saturated rings. The van der Waals surface area contributed by atoms with Gasteiger partial charge >= 0.3 is 0 Å². The molecule has 0 amide bonds. The fourth-order valence-electron chi connectivity index (χ4n) is 1.18. The van der Waals surface area contributed by atoms with Crippen molar-refractivity contribution in [2.45, 2.75) is 6.29 Å². The van der Waals surface area contributed by atoms with E-state index >= 15 is 0 Å². The van der Waals surface area contributed by atoms with Crippen molar-refractivity contribution in [1.29, 1.82) is 0 Å². The Hall–Kier alpha value is -1.14. The minimum absolute atomic E-state index is 0.00998.